The monoisotopic (exact) mass is 375 g/mol. The van der Waals surface area contributed by atoms with Crippen LogP contribution in [0.4, 0.5) is 0 Å². The molecule has 0 spiro atoms. The van der Waals surface area contributed by atoms with Crippen molar-refractivity contribution in [1.82, 2.24) is 4.90 Å². The number of benzene rings is 1. The van der Waals surface area contributed by atoms with Gasteiger partial charge in [-0.1, -0.05) is 24.9 Å². The van der Waals surface area contributed by atoms with Gasteiger partial charge >= 0.3 is 0 Å². The highest BCUT2D eigenvalue weighted by atomic mass is 35.5. The van der Waals surface area contributed by atoms with Gasteiger partial charge in [0.1, 0.15) is 0 Å². The number of carbonyl (C=O) groups excluding carboxylic acids is 1. The summed E-state index contributed by atoms with van der Waals surface area (Å²) in [5, 5.41) is 0.668. The maximum absolute atomic E-state index is 12.6. The molecule has 1 aliphatic heterocycles. The fourth-order valence-electron chi connectivity index (χ4n) is 2.62. The van der Waals surface area contributed by atoms with E-state index in [0.717, 1.165) is 17.7 Å². The molecule has 0 N–H and O–H groups in total. The zero-order chi connectivity index (χ0) is 16.9. The fraction of sp³-hybridized carbons (Fsp3) is 0.562. The number of nitrogens with zero attached hydrogens (tertiary/aromatic N) is 1. The van der Waals surface area contributed by atoms with E-state index < -0.39 is 9.84 Å². The van der Waals surface area contributed by atoms with E-state index in [1.165, 1.54) is 11.8 Å². The second-order valence-corrected chi connectivity index (χ2v) is 9.45. The molecule has 2 rings (SSSR count). The molecule has 1 saturated heterocycles. The highest BCUT2D eigenvalue weighted by Gasteiger charge is 2.34. The Labute approximate surface area is 147 Å². The second-order valence-electron chi connectivity index (χ2n) is 5.74. The number of halogens is 1. The van der Waals surface area contributed by atoms with Crippen molar-refractivity contribution < 1.29 is 13.2 Å². The first kappa shape index (κ1) is 18.6. The number of hydrogen-bond acceptors (Lipinski definition) is 4. The first-order valence-electron chi connectivity index (χ1n) is 7.79. The van der Waals surface area contributed by atoms with Crippen LogP contribution in [0.1, 0.15) is 26.2 Å². The van der Waals surface area contributed by atoms with Crippen LogP contribution >= 0.6 is 23.4 Å². The Bertz CT molecular complexity index is 631. The average Bonchev–Trinajstić information content (AvgIpc) is 2.87. The van der Waals surface area contributed by atoms with Gasteiger partial charge in [-0.15, -0.1) is 11.8 Å². The molecule has 23 heavy (non-hydrogen) atoms. The molecule has 1 atom stereocenters. The molecule has 128 valence electrons. The van der Waals surface area contributed by atoms with E-state index in [2.05, 4.69) is 6.92 Å². The third-order valence-electron chi connectivity index (χ3n) is 3.90. The van der Waals surface area contributed by atoms with E-state index >= 15 is 0 Å². The Kier molecular flexibility index (Phi) is 6.80. The smallest absolute Gasteiger partial charge is 0.233 e. The number of thioether (sulfide) groups is 1. The predicted molar refractivity (Wildman–Crippen MR) is 95.9 cm³/mol. The van der Waals surface area contributed by atoms with Gasteiger partial charge in [-0.2, -0.15) is 0 Å². The topological polar surface area (TPSA) is 54.5 Å². The molecule has 0 aliphatic carbocycles. The van der Waals surface area contributed by atoms with Gasteiger partial charge in [0.15, 0.2) is 9.84 Å². The molecule has 7 heteroatoms. The predicted octanol–water partition coefficient (Wildman–Crippen LogP) is 3.25. The molecule has 1 unspecified atom stereocenters. The minimum atomic E-state index is -2.99. The van der Waals surface area contributed by atoms with Gasteiger partial charge in [-0.3, -0.25) is 4.79 Å². The lowest BCUT2D eigenvalue weighted by Gasteiger charge is -2.28. The maximum atomic E-state index is 12.6. The van der Waals surface area contributed by atoms with Crippen LogP contribution in [0.2, 0.25) is 5.02 Å². The van der Waals surface area contributed by atoms with Crippen LogP contribution in [0.15, 0.2) is 29.2 Å². The van der Waals surface area contributed by atoms with E-state index in [1.807, 2.05) is 12.1 Å². The highest BCUT2D eigenvalue weighted by molar-refractivity contribution is 8.00. The number of carbonyl (C=O) groups is 1. The molecule has 1 fully saturated rings. The average molecular weight is 376 g/mol. The Balaban J connectivity index is 1.97. The summed E-state index contributed by atoms with van der Waals surface area (Å²) in [5.41, 5.74) is 0. The van der Waals surface area contributed by atoms with E-state index in [4.69, 9.17) is 11.6 Å². The molecule has 1 heterocycles. The zero-order valence-electron chi connectivity index (χ0n) is 13.2. The lowest BCUT2D eigenvalue weighted by Crippen LogP contribution is -2.42. The first-order valence-corrected chi connectivity index (χ1v) is 11.0. The Morgan fingerprint density at radius 3 is 2.61 bits per heavy atom. The van der Waals surface area contributed by atoms with E-state index in [-0.39, 0.29) is 23.5 Å². The van der Waals surface area contributed by atoms with Crippen molar-refractivity contribution in [3.8, 4) is 0 Å². The number of amides is 1. The van der Waals surface area contributed by atoms with Crippen LogP contribution in [-0.4, -0.2) is 49.1 Å². The van der Waals surface area contributed by atoms with Crippen molar-refractivity contribution in [2.24, 2.45) is 0 Å². The molecule has 0 saturated carbocycles. The van der Waals surface area contributed by atoms with Crippen molar-refractivity contribution in [2.45, 2.75) is 37.1 Å². The molecular weight excluding hydrogens is 354 g/mol. The standard InChI is InChI=1S/C16H22ClNO3S2/c1-2-3-9-18(14-8-10-23(20,21)12-14)16(19)11-22-15-6-4-13(17)5-7-15/h4-7,14H,2-3,8-12H2,1H3. The van der Waals surface area contributed by atoms with Gasteiger partial charge in [0.25, 0.3) is 0 Å². The van der Waals surface area contributed by atoms with Crippen LogP contribution in [0, 0.1) is 0 Å². The van der Waals surface area contributed by atoms with Crippen molar-refractivity contribution in [2.75, 3.05) is 23.8 Å². The largest absolute Gasteiger partial charge is 0.338 e. The van der Waals surface area contributed by atoms with Crippen molar-refractivity contribution >= 4 is 39.1 Å². The molecular formula is C16H22ClNO3S2. The summed E-state index contributed by atoms with van der Waals surface area (Å²) in [7, 11) is -2.99. The molecule has 1 aliphatic rings. The third kappa shape index (κ3) is 5.69. The van der Waals surface area contributed by atoms with Crippen LogP contribution in [-0.2, 0) is 14.6 Å². The fourth-order valence-corrected chi connectivity index (χ4v) is 5.26. The quantitative estimate of drug-likeness (QED) is 0.686. The first-order chi connectivity index (χ1) is 10.9. The molecule has 1 aromatic carbocycles. The summed E-state index contributed by atoms with van der Waals surface area (Å²) in [5.74, 6) is 0.633. The van der Waals surface area contributed by atoms with Crippen LogP contribution in [0.25, 0.3) is 0 Å². The summed E-state index contributed by atoms with van der Waals surface area (Å²) in [6.45, 7) is 2.70. The molecule has 1 amide bonds. The number of sulfone groups is 1. The van der Waals surface area contributed by atoms with Gasteiger partial charge in [-0.05, 0) is 37.1 Å². The van der Waals surface area contributed by atoms with Gasteiger partial charge in [0, 0.05) is 22.5 Å². The molecule has 0 radical (unpaired) electrons. The van der Waals surface area contributed by atoms with E-state index in [9.17, 15) is 13.2 Å². The highest BCUT2D eigenvalue weighted by Crippen LogP contribution is 2.23. The summed E-state index contributed by atoms with van der Waals surface area (Å²) in [6.07, 6.45) is 2.44. The minimum absolute atomic E-state index is 0.0144. The van der Waals surface area contributed by atoms with E-state index in [0.29, 0.717) is 23.7 Å². The summed E-state index contributed by atoms with van der Waals surface area (Å²) in [6, 6.07) is 7.21. The van der Waals surface area contributed by atoms with Crippen molar-refractivity contribution in [3.05, 3.63) is 29.3 Å². The summed E-state index contributed by atoms with van der Waals surface area (Å²) >= 11 is 7.31. The second kappa shape index (κ2) is 8.40. The van der Waals surface area contributed by atoms with Gasteiger partial charge in [0.05, 0.1) is 17.3 Å². The van der Waals surface area contributed by atoms with Crippen LogP contribution < -0.4 is 0 Å². The lowest BCUT2D eigenvalue weighted by molar-refractivity contribution is -0.130. The number of unbranched alkanes of at least 4 members (excludes halogenated alkanes) is 1. The Morgan fingerprint density at radius 2 is 2.04 bits per heavy atom. The Morgan fingerprint density at radius 1 is 1.35 bits per heavy atom. The summed E-state index contributed by atoms with van der Waals surface area (Å²) in [4.78, 5) is 15.3. The summed E-state index contributed by atoms with van der Waals surface area (Å²) < 4.78 is 23.4. The Hall–Kier alpha value is -0.720. The molecule has 0 aromatic heterocycles. The van der Waals surface area contributed by atoms with Gasteiger partial charge < -0.3 is 4.90 Å². The lowest BCUT2D eigenvalue weighted by atomic mass is 10.2. The molecule has 1 aromatic rings. The number of hydrogen-bond donors (Lipinski definition) is 0. The molecule has 0 bridgehead atoms. The number of rotatable bonds is 7. The minimum Gasteiger partial charge on any atom is -0.338 e. The van der Waals surface area contributed by atoms with Gasteiger partial charge in [-0.25, -0.2) is 8.42 Å². The maximum Gasteiger partial charge on any atom is 0.233 e. The van der Waals surface area contributed by atoms with Gasteiger partial charge in [0.2, 0.25) is 5.91 Å². The van der Waals surface area contributed by atoms with Crippen molar-refractivity contribution in [3.63, 3.8) is 0 Å². The van der Waals surface area contributed by atoms with Crippen LogP contribution in [0.3, 0.4) is 0 Å². The van der Waals surface area contributed by atoms with E-state index in [1.54, 1.807) is 17.0 Å². The molecule has 4 nitrogen and oxygen atoms in total. The SMILES string of the molecule is CCCCN(C(=O)CSc1ccc(Cl)cc1)C1CCS(=O)(=O)C1. The normalized spacial score (nSPS) is 19.7. The van der Waals surface area contributed by atoms with Crippen molar-refractivity contribution in [1.29, 1.82) is 0 Å². The third-order valence-corrected chi connectivity index (χ3v) is 6.90. The van der Waals surface area contributed by atoms with Crippen LogP contribution in [0.5, 0.6) is 0 Å². The zero-order valence-corrected chi connectivity index (χ0v) is 15.6.